The Hall–Kier alpha value is -1.10. The number of aliphatic carboxylic acids is 1. The fourth-order valence-electron chi connectivity index (χ4n) is 0.950. The van der Waals surface area contributed by atoms with Crippen LogP contribution in [0.15, 0.2) is 18.2 Å². The molecule has 1 aromatic rings. The van der Waals surface area contributed by atoms with Gasteiger partial charge in [0.25, 0.3) is 0 Å². The molecule has 0 aliphatic heterocycles. The van der Waals surface area contributed by atoms with Gasteiger partial charge in [0.15, 0.2) is 0 Å². The molecule has 1 aromatic carbocycles. The maximum Gasteiger partial charge on any atom is 0.316 e. The Morgan fingerprint density at radius 2 is 2.00 bits per heavy atom. The molecule has 0 bridgehead atoms. The highest BCUT2D eigenvalue weighted by Gasteiger charge is 2.14. The summed E-state index contributed by atoms with van der Waals surface area (Å²) in [5.74, 6) is -2.25. The van der Waals surface area contributed by atoms with Crippen molar-refractivity contribution in [1.82, 2.24) is 0 Å². The second kappa shape index (κ2) is 5.11. The Morgan fingerprint density at radius 1 is 1.47 bits per heavy atom. The molecular weight excluding hydrogens is 222 g/mol. The molecule has 1 atom stereocenters. The quantitative estimate of drug-likeness (QED) is 0.867. The van der Waals surface area contributed by atoms with E-state index in [0.717, 1.165) is 23.9 Å². The Bertz CT molecular complexity index is 348. The largest absolute Gasteiger partial charge is 0.480 e. The van der Waals surface area contributed by atoms with Crippen molar-refractivity contribution in [1.29, 1.82) is 0 Å². The van der Waals surface area contributed by atoms with Crippen LogP contribution in [0.4, 0.5) is 8.78 Å². The van der Waals surface area contributed by atoms with Crippen molar-refractivity contribution in [2.75, 3.05) is 0 Å². The molecule has 1 unspecified atom stereocenters. The first-order chi connectivity index (χ1) is 7.02. The van der Waals surface area contributed by atoms with Crippen LogP contribution >= 0.6 is 11.8 Å². The average molecular weight is 232 g/mol. The van der Waals surface area contributed by atoms with Crippen LogP contribution in [0.5, 0.6) is 0 Å². The van der Waals surface area contributed by atoms with Gasteiger partial charge in [-0.25, -0.2) is 8.78 Å². The normalized spacial score (nSPS) is 12.5. The van der Waals surface area contributed by atoms with E-state index in [2.05, 4.69) is 0 Å². The highest BCUT2D eigenvalue weighted by atomic mass is 32.2. The van der Waals surface area contributed by atoms with Crippen molar-refractivity contribution in [2.24, 2.45) is 0 Å². The smallest absolute Gasteiger partial charge is 0.316 e. The molecule has 0 aliphatic carbocycles. The van der Waals surface area contributed by atoms with Gasteiger partial charge in [0.1, 0.15) is 11.6 Å². The first-order valence-corrected chi connectivity index (χ1v) is 5.34. The van der Waals surface area contributed by atoms with E-state index in [-0.39, 0.29) is 11.3 Å². The van der Waals surface area contributed by atoms with Gasteiger partial charge in [0.05, 0.1) is 5.25 Å². The molecular formula is C10H10F2O2S. The zero-order valence-corrected chi connectivity index (χ0v) is 8.85. The van der Waals surface area contributed by atoms with Gasteiger partial charge in [-0.1, -0.05) is 6.07 Å². The highest BCUT2D eigenvalue weighted by Crippen LogP contribution is 2.22. The van der Waals surface area contributed by atoms with Gasteiger partial charge >= 0.3 is 5.97 Å². The second-order valence-corrected chi connectivity index (χ2v) is 4.32. The molecule has 0 spiro atoms. The molecule has 0 aliphatic rings. The summed E-state index contributed by atoms with van der Waals surface area (Å²) < 4.78 is 26.2. The lowest BCUT2D eigenvalue weighted by atomic mass is 10.2. The third-order valence-electron chi connectivity index (χ3n) is 1.89. The average Bonchev–Trinajstić information content (AvgIpc) is 2.16. The summed E-state index contributed by atoms with van der Waals surface area (Å²) in [6, 6.07) is 3.59. The first kappa shape index (κ1) is 12.0. The zero-order valence-electron chi connectivity index (χ0n) is 8.04. The SMILES string of the molecule is CC(SCc1c(F)cccc1F)C(=O)O. The minimum absolute atomic E-state index is 0.0198. The number of thioether (sulfide) groups is 1. The van der Waals surface area contributed by atoms with Crippen LogP contribution in [0.25, 0.3) is 0 Å². The molecule has 0 radical (unpaired) electrons. The molecule has 15 heavy (non-hydrogen) atoms. The lowest BCUT2D eigenvalue weighted by molar-refractivity contribution is -0.136. The standard InChI is InChI=1S/C10H10F2O2S/c1-6(10(13)14)15-5-7-8(11)3-2-4-9(7)12/h2-4,6H,5H2,1H3,(H,13,14). The summed E-state index contributed by atoms with van der Waals surface area (Å²) in [7, 11) is 0. The summed E-state index contributed by atoms with van der Waals surface area (Å²) in [5, 5.41) is 7.91. The number of carboxylic acid groups (broad SMARTS) is 1. The Kier molecular flexibility index (Phi) is 4.08. The van der Waals surface area contributed by atoms with E-state index in [1.807, 2.05) is 0 Å². The number of carboxylic acids is 1. The van der Waals surface area contributed by atoms with Crippen molar-refractivity contribution < 1.29 is 18.7 Å². The van der Waals surface area contributed by atoms with Crippen LogP contribution in [0.3, 0.4) is 0 Å². The molecule has 0 heterocycles. The summed E-state index contributed by atoms with van der Waals surface area (Å²) in [4.78, 5) is 10.5. The van der Waals surface area contributed by atoms with Crippen LogP contribution in [-0.2, 0) is 10.5 Å². The minimum Gasteiger partial charge on any atom is -0.480 e. The van der Waals surface area contributed by atoms with Gasteiger partial charge < -0.3 is 5.11 Å². The number of halogens is 2. The zero-order chi connectivity index (χ0) is 11.4. The maximum atomic E-state index is 13.1. The predicted molar refractivity (Wildman–Crippen MR) is 54.8 cm³/mol. The van der Waals surface area contributed by atoms with Gasteiger partial charge in [-0.3, -0.25) is 4.79 Å². The minimum atomic E-state index is -0.989. The van der Waals surface area contributed by atoms with Gasteiger partial charge in [0, 0.05) is 11.3 Å². The van der Waals surface area contributed by atoms with Gasteiger partial charge in [-0.05, 0) is 19.1 Å². The third-order valence-corrected chi connectivity index (χ3v) is 3.04. The fraction of sp³-hybridized carbons (Fsp3) is 0.300. The Labute approximate surface area is 90.3 Å². The lowest BCUT2D eigenvalue weighted by Crippen LogP contribution is -2.12. The van der Waals surface area contributed by atoms with E-state index < -0.39 is 22.9 Å². The van der Waals surface area contributed by atoms with Crippen molar-refractivity contribution in [3.63, 3.8) is 0 Å². The summed E-state index contributed by atoms with van der Waals surface area (Å²) >= 11 is 0.986. The molecule has 0 saturated heterocycles. The Balaban J connectivity index is 2.69. The van der Waals surface area contributed by atoms with Crippen LogP contribution in [0.2, 0.25) is 0 Å². The van der Waals surface area contributed by atoms with Crippen molar-refractivity contribution in [2.45, 2.75) is 17.9 Å². The number of carbonyl (C=O) groups is 1. The van der Waals surface area contributed by atoms with Crippen LogP contribution in [-0.4, -0.2) is 16.3 Å². The number of rotatable bonds is 4. The van der Waals surface area contributed by atoms with E-state index in [1.165, 1.54) is 13.0 Å². The first-order valence-electron chi connectivity index (χ1n) is 4.29. The molecule has 5 heteroatoms. The van der Waals surface area contributed by atoms with Crippen molar-refractivity contribution >= 4 is 17.7 Å². The van der Waals surface area contributed by atoms with Gasteiger partial charge in [-0.2, -0.15) is 0 Å². The molecule has 82 valence electrons. The molecule has 0 saturated carbocycles. The maximum absolute atomic E-state index is 13.1. The highest BCUT2D eigenvalue weighted by molar-refractivity contribution is 7.99. The summed E-state index contributed by atoms with van der Waals surface area (Å²) in [5.41, 5.74) is -0.0735. The summed E-state index contributed by atoms with van der Waals surface area (Å²) in [6.07, 6.45) is 0. The molecule has 1 N–H and O–H groups in total. The van der Waals surface area contributed by atoms with Gasteiger partial charge in [-0.15, -0.1) is 11.8 Å². The molecule has 0 amide bonds. The van der Waals surface area contributed by atoms with E-state index in [4.69, 9.17) is 5.11 Å². The van der Waals surface area contributed by atoms with E-state index in [0.29, 0.717) is 0 Å². The van der Waals surface area contributed by atoms with Crippen LogP contribution in [0.1, 0.15) is 12.5 Å². The Morgan fingerprint density at radius 3 is 2.47 bits per heavy atom. The molecule has 1 rings (SSSR count). The lowest BCUT2D eigenvalue weighted by Gasteiger charge is -2.07. The van der Waals surface area contributed by atoms with E-state index >= 15 is 0 Å². The number of hydrogen-bond donors (Lipinski definition) is 1. The monoisotopic (exact) mass is 232 g/mol. The predicted octanol–water partition coefficient (Wildman–Crippen LogP) is 2.67. The molecule has 2 nitrogen and oxygen atoms in total. The van der Waals surface area contributed by atoms with Crippen molar-refractivity contribution in [3.8, 4) is 0 Å². The number of benzene rings is 1. The van der Waals surface area contributed by atoms with Gasteiger partial charge in [0.2, 0.25) is 0 Å². The van der Waals surface area contributed by atoms with E-state index in [1.54, 1.807) is 0 Å². The van der Waals surface area contributed by atoms with E-state index in [9.17, 15) is 13.6 Å². The number of hydrogen-bond acceptors (Lipinski definition) is 2. The third kappa shape index (κ3) is 3.20. The van der Waals surface area contributed by atoms with Crippen LogP contribution < -0.4 is 0 Å². The second-order valence-electron chi connectivity index (χ2n) is 2.99. The molecule has 0 aromatic heterocycles. The van der Waals surface area contributed by atoms with Crippen molar-refractivity contribution in [3.05, 3.63) is 35.4 Å². The molecule has 0 fully saturated rings. The topological polar surface area (TPSA) is 37.3 Å². The summed E-state index contributed by atoms with van der Waals surface area (Å²) in [6.45, 7) is 1.48. The van der Waals surface area contributed by atoms with Crippen LogP contribution in [0, 0.1) is 11.6 Å². The fourth-order valence-corrected chi connectivity index (χ4v) is 1.78.